The summed E-state index contributed by atoms with van der Waals surface area (Å²) in [7, 11) is 0. The van der Waals surface area contributed by atoms with E-state index in [2.05, 4.69) is 4.98 Å². The lowest BCUT2D eigenvalue weighted by Crippen LogP contribution is -2.30. The number of Topliss-reactive ketones (excluding diaryl/α,β-unsaturated/α-hetero) is 1. The molecule has 0 spiro atoms. The van der Waals surface area contributed by atoms with Gasteiger partial charge in [0.25, 0.3) is 5.91 Å². The number of fused-ring (bicyclic) bond motifs is 1. The minimum atomic E-state index is -0.800. The summed E-state index contributed by atoms with van der Waals surface area (Å²) in [6.07, 6.45) is 0. The van der Waals surface area contributed by atoms with Gasteiger partial charge in [-0.15, -0.1) is 11.3 Å². The van der Waals surface area contributed by atoms with Crippen LogP contribution in [0.2, 0.25) is 5.02 Å². The number of nitrogens with zero attached hydrogens (tertiary/aromatic N) is 2. The van der Waals surface area contributed by atoms with Crippen molar-refractivity contribution in [2.45, 2.75) is 13.0 Å². The van der Waals surface area contributed by atoms with Gasteiger partial charge in [-0.3, -0.25) is 14.5 Å². The van der Waals surface area contributed by atoms with Crippen molar-refractivity contribution < 1.29 is 19.1 Å². The Bertz CT molecular complexity index is 1340. The average Bonchev–Trinajstić information content (AvgIpc) is 3.49. The molecule has 0 radical (unpaired) electrons. The molecular formula is C21H13ClN2O4S2. The Labute approximate surface area is 183 Å². The molecule has 4 aromatic rings. The standard InChI is InChI=1S/C21H13ClN2O4S2/c1-10-4-7-13(28-10)18(25)16-17(14-3-2-8-29-14)24(20(27)19(16)26)21-23-12-6-5-11(22)9-15(12)30-21/h2-9,17,26H,1H3. The molecule has 0 saturated carbocycles. The first-order valence-corrected chi connectivity index (χ1v) is 11.0. The van der Waals surface area contributed by atoms with E-state index in [-0.39, 0.29) is 11.3 Å². The number of carbonyl (C=O) groups excluding carboxylic acids is 2. The van der Waals surface area contributed by atoms with Gasteiger partial charge in [0, 0.05) is 9.90 Å². The van der Waals surface area contributed by atoms with Gasteiger partial charge in [-0.2, -0.15) is 0 Å². The Morgan fingerprint density at radius 3 is 2.80 bits per heavy atom. The highest BCUT2D eigenvalue weighted by atomic mass is 35.5. The Balaban J connectivity index is 1.66. The number of carbonyl (C=O) groups is 2. The fourth-order valence-corrected chi connectivity index (χ4v) is 5.52. The van der Waals surface area contributed by atoms with Gasteiger partial charge < -0.3 is 9.52 Å². The molecule has 9 heteroatoms. The summed E-state index contributed by atoms with van der Waals surface area (Å²) in [6.45, 7) is 1.72. The molecule has 0 aliphatic carbocycles. The van der Waals surface area contributed by atoms with Crippen LogP contribution in [0.5, 0.6) is 0 Å². The quantitative estimate of drug-likeness (QED) is 0.398. The van der Waals surface area contributed by atoms with Crippen molar-refractivity contribution in [1.29, 1.82) is 0 Å². The van der Waals surface area contributed by atoms with Crippen LogP contribution in [0.4, 0.5) is 5.13 Å². The number of thiazole rings is 1. The molecule has 3 aromatic heterocycles. The summed E-state index contributed by atoms with van der Waals surface area (Å²) in [5.41, 5.74) is 0.659. The number of anilines is 1. The molecule has 0 bridgehead atoms. The van der Waals surface area contributed by atoms with Crippen LogP contribution in [0, 0.1) is 6.92 Å². The van der Waals surface area contributed by atoms with Crippen molar-refractivity contribution in [1.82, 2.24) is 4.98 Å². The third-order valence-corrected chi connectivity index (χ3v) is 6.95. The molecule has 6 nitrogen and oxygen atoms in total. The molecule has 150 valence electrons. The lowest BCUT2D eigenvalue weighted by molar-refractivity contribution is -0.117. The Kier molecular flexibility index (Phi) is 4.50. The SMILES string of the molecule is Cc1ccc(C(=O)C2=C(O)C(=O)N(c3nc4ccc(Cl)cc4s3)C2c2cccs2)o1. The van der Waals surface area contributed by atoms with Crippen LogP contribution in [0.1, 0.15) is 27.2 Å². The van der Waals surface area contributed by atoms with Crippen molar-refractivity contribution in [3.8, 4) is 0 Å². The minimum Gasteiger partial charge on any atom is -0.503 e. The fraction of sp³-hybridized carbons (Fsp3) is 0.0952. The first-order valence-electron chi connectivity index (χ1n) is 8.91. The molecule has 1 atom stereocenters. The summed E-state index contributed by atoms with van der Waals surface area (Å²) < 4.78 is 6.26. The average molecular weight is 457 g/mol. The predicted molar refractivity (Wildman–Crippen MR) is 117 cm³/mol. The van der Waals surface area contributed by atoms with Crippen LogP contribution >= 0.6 is 34.3 Å². The van der Waals surface area contributed by atoms with Gasteiger partial charge in [0.15, 0.2) is 16.7 Å². The molecule has 1 aliphatic rings. The topological polar surface area (TPSA) is 83.6 Å². The van der Waals surface area contributed by atoms with E-state index in [4.69, 9.17) is 16.0 Å². The number of aliphatic hydroxyl groups excluding tert-OH is 1. The number of aliphatic hydroxyl groups is 1. The molecule has 0 saturated heterocycles. The van der Waals surface area contributed by atoms with Crippen LogP contribution in [-0.2, 0) is 4.79 Å². The molecule has 30 heavy (non-hydrogen) atoms. The van der Waals surface area contributed by atoms with E-state index in [0.29, 0.717) is 21.4 Å². The maximum atomic E-state index is 13.2. The highest BCUT2D eigenvalue weighted by Gasteiger charge is 2.47. The van der Waals surface area contributed by atoms with Gasteiger partial charge >= 0.3 is 0 Å². The first kappa shape index (κ1) is 19.0. The second-order valence-corrected chi connectivity index (χ2v) is 9.13. The summed E-state index contributed by atoms with van der Waals surface area (Å²) in [5.74, 6) is -1.16. The summed E-state index contributed by atoms with van der Waals surface area (Å²) >= 11 is 8.74. The number of ketones is 1. The number of rotatable bonds is 4. The number of thiophene rings is 1. The minimum absolute atomic E-state index is 0.0194. The molecule has 1 aliphatic heterocycles. The maximum absolute atomic E-state index is 13.2. The smallest absolute Gasteiger partial charge is 0.296 e. The van der Waals surface area contributed by atoms with E-state index in [1.54, 1.807) is 31.2 Å². The number of hydrogen-bond acceptors (Lipinski definition) is 7. The van der Waals surface area contributed by atoms with Gasteiger partial charge in [0.05, 0.1) is 15.8 Å². The Hall–Kier alpha value is -2.94. The van der Waals surface area contributed by atoms with Crippen molar-refractivity contribution >= 4 is 61.3 Å². The molecule has 0 fully saturated rings. The van der Waals surface area contributed by atoms with Gasteiger partial charge in [0.1, 0.15) is 11.8 Å². The van der Waals surface area contributed by atoms with E-state index >= 15 is 0 Å². The van der Waals surface area contributed by atoms with Crippen LogP contribution in [0.25, 0.3) is 10.2 Å². The van der Waals surface area contributed by atoms with E-state index in [1.165, 1.54) is 33.6 Å². The monoisotopic (exact) mass is 456 g/mol. The normalized spacial score (nSPS) is 16.8. The number of aryl methyl sites for hydroxylation is 1. The number of amides is 1. The zero-order valence-corrected chi connectivity index (χ0v) is 17.8. The largest absolute Gasteiger partial charge is 0.503 e. The van der Waals surface area contributed by atoms with Crippen LogP contribution in [0.15, 0.2) is 63.6 Å². The van der Waals surface area contributed by atoms with E-state index in [1.807, 2.05) is 17.5 Å². The summed E-state index contributed by atoms with van der Waals surface area (Å²) in [6, 6.07) is 11.3. The molecule has 1 amide bonds. The number of furan rings is 1. The van der Waals surface area contributed by atoms with Gasteiger partial charge in [0.2, 0.25) is 5.78 Å². The predicted octanol–water partition coefficient (Wildman–Crippen LogP) is 5.70. The van der Waals surface area contributed by atoms with Crippen molar-refractivity contribution in [3.05, 3.63) is 80.6 Å². The molecule has 5 rings (SSSR count). The fourth-order valence-electron chi connectivity index (χ4n) is 3.43. The maximum Gasteiger partial charge on any atom is 0.296 e. The highest BCUT2D eigenvalue weighted by Crippen LogP contribution is 2.45. The van der Waals surface area contributed by atoms with E-state index in [9.17, 15) is 14.7 Å². The lowest BCUT2D eigenvalue weighted by Gasteiger charge is -2.22. The Morgan fingerprint density at radius 1 is 1.27 bits per heavy atom. The first-order chi connectivity index (χ1) is 14.4. The van der Waals surface area contributed by atoms with E-state index < -0.39 is 23.5 Å². The van der Waals surface area contributed by atoms with Gasteiger partial charge in [-0.1, -0.05) is 29.0 Å². The number of aromatic nitrogens is 1. The second-order valence-electron chi connectivity index (χ2n) is 6.70. The number of hydrogen-bond donors (Lipinski definition) is 1. The third kappa shape index (κ3) is 2.96. The van der Waals surface area contributed by atoms with Crippen LogP contribution in [0.3, 0.4) is 0 Å². The van der Waals surface area contributed by atoms with Crippen molar-refractivity contribution in [2.75, 3.05) is 4.90 Å². The third-order valence-electron chi connectivity index (χ3n) is 4.77. The van der Waals surface area contributed by atoms with Crippen molar-refractivity contribution in [2.24, 2.45) is 0 Å². The zero-order chi connectivity index (χ0) is 21.0. The van der Waals surface area contributed by atoms with Crippen molar-refractivity contribution in [3.63, 3.8) is 0 Å². The van der Waals surface area contributed by atoms with Crippen LogP contribution in [-0.4, -0.2) is 21.8 Å². The highest BCUT2D eigenvalue weighted by molar-refractivity contribution is 7.22. The second kappa shape index (κ2) is 7.09. The zero-order valence-electron chi connectivity index (χ0n) is 15.5. The van der Waals surface area contributed by atoms with Crippen LogP contribution < -0.4 is 4.90 Å². The van der Waals surface area contributed by atoms with E-state index in [0.717, 1.165) is 9.58 Å². The Morgan fingerprint density at radius 2 is 2.10 bits per heavy atom. The molecule has 1 aromatic carbocycles. The number of halogens is 1. The molecular weight excluding hydrogens is 444 g/mol. The molecule has 4 heterocycles. The summed E-state index contributed by atoms with van der Waals surface area (Å²) in [4.78, 5) is 32.9. The van der Waals surface area contributed by atoms with Gasteiger partial charge in [-0.05, 0) is 48.7 Å². The summed E-state index contributed by atoms with van der Waals surface area (Å²) in [5, 5.41) is 13.5. The molecule has 1 N–H and O–H groups in total. The lowest BCUT2D eigenvalue weighted by atomic mass is 10.0. The van der Waals surface area contributed by atoms with Gasteiger partial charge in [-0.25, -0.2) is 4.98 Å². The molecule has 1 unspecified atom stereocenters. The number of benzene rings is 1.